The molecule has 1 heteroatoms. The molecular formula is C9H15N. The fraction of sp³-hybridized carbons (Fsp3) is 0.667. The molecule has 0 spiro atoms. The van der Waals surface area contributed by atoms with E-state index in [4.69, 9.17) is 5.26 Å². The van der Waals surface area contributed by atoms with Gasteiger partial charge in [0.2, 0.25) is 0 Å². The van der Waals surface area contributed by atoms with Crippen molar-refractivity contribution in [1.82, 2.24) is 0 Å². The summed E-state index contributed by atoms with van der Waals surface area (Å²) in [6.07, 6.45) is 6.81. The maximum atomic E-state index is 8.37. The van der Waals surface area contributed by atoms with Crippen molar-refractivity contribution in [3.8, 4) is 6.07 Å². The van der Waals surface area contributed by atoms with Crippen LogP contribution in [0.4, 0.5) is 0 Å². The van der Waals surface area contributed by atoms with E-state index < -0.39 is 0 Å². The first-order valence-corrected chi connectivity index (χ1v) is 3.88. The maximum absolute atomic E-state index is 8.37. The second kappa shape index (κ2) is 6.35. The maximum Gasteiger partial charge on any atom is 0.0940 e. The number of allylic oxidation sites excluding steroid dienone is 2. The predicted molar refractivity (Wildman–Crippen MR) is 43.5 cm³/mol. The van der Waals surface area contributed by atoms with E-state index in [2.05, 4.69) is 13.0 Å². The molecule has 0 fully saturated rings. The quantitative estimate of drug-likeness (QED) is 0.431. The highest BCUT2D eigenvalue weighted by Crippen LogP contribution is 2.01. The number of unbranched alkanes of at least 4 members (excludes halogenated alkanes) is 3. The molecule has 0 aliphatic carbocycles. The zero-order chi connectivity index (χ0) is 7.82. The van der Waals surface area contributed by atoms with Crippen LogP contribution in [0.2, 0.25) is 0 Å². The van der Waals surface area contributed by atoms with Crippen LogP contribution in [0, 0.1) is 11.3 Å². The van der Waals surface area contributed by atoms with Crippen molar-refractivity contribution in [3.05, 3.63) is 11.6 Å². The van der Waals surface area contributed by atoms with Crippen molar-refractivity contribution in [2.24, 2.45) is 0 Å². The Morgan fingerprint density at radius 1 is 1.50 bits per heavy atom. The number of hydrogen-bond donors (Lipinski definition) is 0. The smallest absolute Gasteiger partial charge is 0.0940 e. The Hall–Kier alpha value is -0.770. The fourth-order valence-electron chi connectivity index (χ4n) is 0.759. The Bertz CT molecular complexity index is 139. The molecular weight excluding hydrogens is 122 g/mol. The summed E-state index contributed by atoms with van der Waals surface area (Å²) in [5.74, 6) is 0. The Balaban J connectivity index is 3.27. The average Bonchev–Trinajstić information content (AvgIpc) is 1.98. The van der Waals surface area contributed by atoms with Crippen molar-refractivity contribution in [2.75, 3.05) is 0 Å². The summed E-state index contributed by atoms with van der Waals surface area (Å²) >= 11 is 0. The minimum atomic E-state index is 0.844. The van der Waals surface area contributed by atoms with Crippen LogP contribution in [0.25, 0.3) is 0 Å². The van der Waals surface area contributed by atoms with E-state index in [0.29, 0.717) is 0 Å². The van der Waals surface area contributed by atoms with Gasteiger partial charge < -0.3 is 0 Å². The Morgan fingerprint density at radius 3 is 2.70 bits per heavy atom. The Kier molecular flexibility index (Phi) is 5.86. The molecule has 0 amide bonds. The van der Waals surface area contributed by atoms with Crippen LogP contribution >= 0.6 is 0 Å². The van der Waals surface area contributed by atoms with E-state index in [-0.39, 0.29) is 0 Å². The minimum absolute atomic E-state index is 0.844. The standard InChI is InChI=1S/C9H15N/c1-3-4-5-6-7-9(2)8-10/h7H,3-6H2,1-2H3/b9-7-. The predicted octanol–water partition coefficient (Wildman–Crippen LogP) is 3.04. The van der Waals surface area contributed by atoms with Gasteiger partial charge >= 0.3 is 0 Å². The first-order valence-electron chi connectivity index (χ1n) is 3.88. The Morgan fingerprint density at radius 2 is 2.20 bits per heavy atom. The Labute approximate surface area is 63.4 Å². The van der Waals surface area contributed by atoms with Crippen LogP contribution in [0.5, 0.6) is 0 Å². The molecule has 0 N–H and O–H groups in total. The molecule has 0 aliphatic heterocycles. The van der Waals surface area contributed by atoms with Gasteiger partial charge in [-0.05, 0) is 19.8 Å². The molecule has 0 atom stereocenters. The number of rotatable bonds is 4. The van der Waals surface area contributed by atoms with Crippen molar-refractivity contribution < 1.29 is 0 Å². The van der Waals surface area contributed by atoms with Gasteiger partial charge in [0.1, 0.15) is 0 Å². The zero-order valence-corrected chi connectivity index (χ0v) is 6.85. The van der Waals surface area contributed by atoms with Crippen molar-refractivity contribution in [2.45, 2.75) is 39.5 Å². The van der Waals surface area contributed by atoms with E-state index >= 15 is 0 Å². The number of hydrogen-bond acceptors (Lipinski definition) is 1. The molecule has 0 rings (SSSR count). The minimum Gasteiger partial charge on any atom is -0.193 e. The molecule has 1 nitrogen and oxygen atoms in total. The lowest BCUT2D eigenvalue weighted by molar-refractivity contribution is 0.728. The summed E-state index contributed by atoms with van der Waals surface area (Å²) in [6, 6.07) is 2.10. The zero-order valence-electron chi connectivity index (χ0n) is 6.85. The molecule has 10 heavy (non-hydrogen) atoms. The number of nitriles is 1. The van der Waals surface area contributed by atoms with Gasteiger partial charge in [-0.15, -0.1) is 0 Å². The summed E-state index contributed by atoms with van der Waals surface area (Å²) in [5.41, 5.74) is 0.844. The third-order valence-corrected chi connectivity index (χ3v) is 1.43. The molecule has 0 aromatic rings. The summed E-state index contributed by atoms with van der Waals surface area (Å²) < 4.78 is 0. The fourth-order valence-corrected chi connectivity index (χ4v) is 0.759. The summed E-state index contributed by atoms with van der Waals surface area (Å²) in [4.78, 5) is 0. The second-order valence-corrected chi connectivity index (χ2v) is 2.49. The van der Waals surface area contributed by atoms with Gasteiger partial charge in [-0.2, -0.15) is 5.26 Å². The van der Waals surface area contributed by atoms with Crippen LogP contribution in [0.15, 0.2) is 11.6 Å². The van der Waals surface area contributed by atoms with E-state index in [9.17, 15) is 0 Å². The van der Waals surface area contributed by atoms with E-state index in [1.165, 1.54) is 19.3 Å². The topological polar surface area (TPSA) is 23.8 Å². The molecule has 0 aliphatic rings. The molecule has 0 radical (unpaired) electrons. The van der Waals surface area contributed by atoms with Gasteiger partial charge in [-0.25, -0.2) is 0 Å². The highest BCUT2D eigenvalue weighted by atomic mass is 14.2. The molecule has 0 saturated carbocycles. The third-order valence-electron chi connectivity index (χ3n) is 1.43. The first-order chi connectivity index (χ1) is 4.81. The van der Waals surface area contributed by atoms with Crippen LogP contribution in [-0.4, -0.2) is 0 Å². The molecule has 0 saturated heterocycles. The lowest BCUT2D eigenvalue weighted by atomic mass is 10.1. The molecule has 0 heterocycles. The summed E-state index contributed by atoms with van der Waals surface area (Å²) in [5, 5.41) is 8.37. The van der Waals surface area contributed by atoms with Crippen molar-refractivity contribution >= 4 is 0 Å². The highest BCUT2D eigenvalue weighted by Gasteiger charge is 1.84. The lowest BCUT2D eigenvalue weighted by Crippen LogP contribution is -1.73. The molecule has 0 unspecified atom stereocenters. The van der Waals surface area contributed by atoms with Gasteiger partial charge in [0, 0.05) is 5.57 Å². The van der Waals surface area contributed by atoms with Gasteiger partial charge in [0.15, 0.2) is 0 Å². The van der Waals surface area contributed by atoms with Crippen molar-refractivity contribution in [1.29, 1.82) is 5.26 Å². The number of nitrogens with zero attached hydrogens (tertiary/aromatic N) is 1. The van der Waals surface area contributed by atoms with E-state index in [0.717, 1.165) is 12.0 Å². The third kappa shape index (κ3) is 5.37. The van der Waals surface area contributed by atoms with Gasteiger partial charge in [-0.3, -0.25) is 0 Å². The monoisotopic (exact) mass is 137 g/mol. The molecule has 56 valence electrons. The molecule has 0 aromatic heterocycles. The van der Waals surface area contributed by atoms with E-state index in [1.807, 2.05) is 13.0 Å². The second-order valence-electron chi connectivity index (χ2n) is 2.49. The molecule has 0 aromatic carbocycles. The first kappa shape index (κ1) is 9.23. The summed E-state index contributed by atoms with van der Waals surface area (Å²) in [7, 11) is 0. The van der Waals surface area contributed by atoms with Crippen LogP contribution in [-0.2, 0) is 0 Å². The highest BCUT2D eigenvalue weighted by molar-refractivity contribution is 5.16. The van der Waals surface area contributed by atoms with Crippen LogP contribution in [0.3, 0.4) is 0 Å². The van der Waals surface area contributed by atoms with E-state index in [1.54, 1.807) is 0 Å². The molecule has 0 bridgehead atoms. The summed E-state index contributed by atoms with van der Waals surface area (Å²) in [6.45, 7) is 4.03. The van der Waals surface area contributed by atoms with Gasteiger partial charge in [0.05, 0.1) is 6.07 Å². The van der Waals surface area contributed by atoms with Crippen LogP contribution < -0.4 is 0 Å². The van der Waals surface area contributed by atoms with Crippen molar-refractivity contribution in [3.63, 3.8) is 0 Å². The van der Waals surface area contributed by atoms with Gasteiger partial charge in [-0.1, -0.05) is 25.8 Å². The largest absolute Gasteiger partial charge is 0.193 e. The average molecular weight is 137 g/mol. The van der Waals surface area contributed by atoms with Gasteiger partial charge in [0.25, 0.3) is 0 Å². The normalized spacial score (nSPS) is 11.1. The SMILES string of the molecule is CCCCC/C=C(/C)C#N. The lowest BCUT2D eigenvalue weighted by Gasteiger charge is -1.91. The van der Waals surface area contributed by atoms with Crippen LogP contribution in [0.1, 0.15) is 39.5 Å².